The number of methoxy groups -OCH3 is 1. The van der Waals surface area contributed by atoms with Crippen LogP contribution in [0.4, 0.5) is 5.82 Å². The average Bonchev–Trinajstić information content (AvgIpc) is 3.07. The van der Waals surface area contributed by atoms with Gasteiger partial charge in [-0.15, -0.1) is 10.2 Å². The second kappa shape index (κ2) is 8.50. The first-order valence-corrected chi connectivity index (χ1v) is 9.20. The van der Waals surface area contributed by atoms with Crippen LogP contribution in [0.5, 0.6) is 5.75 Å². The Morgan fingerprint density at radius 3 is 2.78 bits per heavy atom. The summed E-state index contributed by atoms with van der Waals surface area (Å²) < 4.78 is 5.46. The SMILES string of the molecule is C=Cc1c(-c2ccc(Cl)cc2OC)nnc(N[C@H]2CCC[C@@H]2O)c1/C=N\C. The summed E-state index contributed by atoms with van der Waals surface area (Å²) in [6.07, 6.45) is 5.73. The summed E-state index contributed by atoms with van der Waals surface area (Å²) in [5.41, 5.74) is 2.95. The number of hydrogen-bond acceptors (Lipinski definition) is 6. The fraction of sp³-hybridized carbons (Fsp3) is 0.350. The molecule has 2 atom stereocenters. The number of aliphatic imine (C=N–C) groups is 1. The van der Waals surface area contributed by atoms with E-state index < -0.39 is 0 Å². The molecule has 1 saturated carbocycles. The lowest BCUT2D eigenvalue weighted by Gasteiger charge is -2.20. The van der Waals surface area contributed by atoms with Crippen LogP contribution in [-0.2, 0) is 0 Å². The van der Waals surface area contributed by atoms with Gasteiger partial charge in [-0.1, -0.05) is 24.3 Å². The maximum absolute atomic E-state index is 10.1. The molecule has 0 unspecified atom stereocenters. The third kappa shape index (κ3) is 3.96. The molecule has 7 heteroatoms. The highest BCUT2D eigenvalue weighted by atomic mass is 35.5. The van der Waals surface area contributed by atoms with E-state index in [1.807, 2.05) is 6.07 Å². The first-order valence-electron chi connectivity index (χ1n) is 8.82. The van der Waals surface area contributed by atoms with Crippen molar-refractivity contribution in [3.63, 3.8) is 0 Å². The number of rotatable bonds is 6. The average molecular weight is 387 g/mol. The maximum atomic E-state index is 10.1. The fourth-order valence-electron chi connectivity index (χ4n) is 3.38. The quantitative estimate of drug-likeness (QED) is 0.737. The zero-order valence-electron chi connectivity index (χ0n) is 15.4. The number of nitrogens with zero attached hydrogens (tertiary/aromatic N) is 3. The van der Waals surface area contributed by atoms with Crippen LogP contribution < -0.4 is 10.1 Å². The Labute approximate surface area is 164 Å². The van der Waals surface area contributed by atoms with Crippen molar-refractivity contribution in [1.82, 2.24) is 10.2 Å². The Morgan fingerprint density at radius 1 is 1.33 bits per heavy atom. The number of aromatic nitrogens is 2. The van der Waals surface area contributed by atoms with Crippen molar-refractivity contribution in [2.45, 2.75) is 31.4 Å². The van der Waals surface area contributed by atoms with E-state index in [-0.39, 0.29) is 12.1 Å². The highest BCUT2D eigenvalue weighted by Crippen LogP contribution is 2.36. The van der Waals surface area contributed by atoms with E-state index in [0.717, 1.165) is 36.0 Å². The molecule has 3 rings (SSSR count). The molecule has 6 nitrogen and oxygen atoms in total. The molecular formula is C20H23ClN4O2. The molecule has 0 bridgehead atoms. The van der Waals surface area contributed by atoms with Crippen LogP contribution in [0.25, 0.3) is 17.3 Å². The summed E-state index contributed by atoms with van der Waals surface area (Å²) in [7, 11) is 3.28. The largest absolute Gasteiger partial charge is 0.496 e. The summed E-state index contributed by atoms with van der Waals surface area (Å²) in [6, 6.07) is 5.32. The molecule has 0 saturated heterocycles. The zero-order valence-corrected chi connectivity index (χ0v) is 16.2. The lowest BCUT2D eigenvalue weighted by atomic mass is 10.0. The molecule has 0 radical (unpaired) electrons. The fourth-order valence-corrected chi connectivity index (χ4v) is 3.54. The molecule has 1 heterocycles. The van der Waals surface area contributed by atoms with Crippen molar-refractivity contribution >= 4 is 29.7 Å². The van der Waals surface area contributed by atoms with Gasteiger partial charge in [-0.3, -0.25) is 4.99 Å². The molecule has 1 aliphatic carbocycles. The molecular weight excluding hydrogens is 364 g/mol. The van der Waals surface area contributed by atoms with Crippen LogP contribution in [-0.4, -0.2) is 47.8 Å². The van der Waals surface area contributed by atoms with Gasteiger partial charge >= 0.3 is 0 Å². The van der Waals surface area contributed by atoms with Gasteiger partial charge in [0.25, 0.3) is 0 Å². The monoisotopic (exact) mass is 386 g/mol. The third-order valence-electron chi connectivity index (χ3n) is 4.73. The number of hydrogen-bond donors (Lipinski definition) is 2. The van der Waals surface area contributed by atoms with Gasteiger partial charge in [0.2, 0.25) is 0 Å². The van der Waals surface area contributed by atoms with Crippen molar-refractivity contribution in [2.75, 3.05) is 19.5 Å². The molecule has 1 aliphatic rings. The topological polar surface area (TPSA) is 79.6 Å². The van der Waals surface area contributed by atoms with Crippen molar-refractivity contribution in [3.05, 3.63) is 40.9 Å². The molecule has 1 aromatic carbocycles. The van der Waals surface area contributed by atoms with Gasteiger partial charge in [0.05, 0.1) is 19.3 Å². The van der Waals surface area contributed by atoms with E-state index in [1.165, 1.54) is 0 Å². The van der Waals surface area contributed by atoms with Gasteiger partial charge in [-0.05, 0) is 37.5 Å². The summed E-state index contributed by atoms with van der Waals surface area (Å²) in [5, 5.41) is 22.8. The molecule has 0 spiro atoms. The number of halogens is 1. The van der Waals surface area contributed by atoms with Crippen molar-refractivity contribution in [2.24, 2.45) is 4.99 Å². The normalized spacial score (nSPS) is 19.4. The summed E-state index contributed by atoms with van der Waals surface area (Å²) in [6.45, 7) is 3.95. The Bertz CT molecular complexity index is 869. The van der Waals surface area contributed by atoms with Gasteiger partial charge in [0.1, 0.15) is 11.4 Å². The van der Waals surface area contributed by atoms with E-state index in [9.17, 15) is 5.11 Å². The Morgan fingerprint density at radius 2 is 2.15 bits per heavy atom. The molecule has 27 heavy (non-hydrogen) atoms. The Kier molecular flexibility index (Phi) is 6.08. The summed E-state index contributed by atoms with van der Waals surface area (Å²) >= 11 is 6.08. The van der Waals surface area contributed by atoms with E-state index in [2.05, 4.69) is 27.1 Å². The zero-order chi connectivity index (χ0) is 19.4. The highest BCUT2D eigenvalue weighted by Gasteiger charge is 2.27. The number of aliphatic hydroxyl groups excluding tert-OH is 1. The van der Waals surface area contributed by atoms with Crippen LogP contribution in [0.1, 0.15) is 30.4 Å². The number of benzene rings is 1. The lowest BCUT2D eigenvalue weighted by Crippen LogP contribution is -2.29. The van der Waals surface area contributed by atoms with Crippen LogP contribution in [0.15, 0.2) is 29.8 Å². The van der Waals surface area contributed by atoms with Crippen molar-refractivity contribution in [3.8, 4) is 17.0 Å². The Hall–Kier alpha value is -2.44. The van der Waals surface area contributed by atoms with Crippen LogP contribution in [0, 0.1) is 0 Å². The number of nitrogens with one attached hydrogen (secondary N) is 1. The minimum atomic E-state index is -0.388. The number of anilines is 1. The number of aliphatic hydroxyl groups is 1. The molecule has 0 aliphatic heterocycles. The smallest absolute Gasteiger partial charge is 0.158 e. The predicted molar refractivity (Wildman–Crippen MR) is 110 cm³/mol. The van der Waals surface area contributed by atoms with Gasteiger partial charge in [0, 0.05) is 35.0 Å². The predicted octanol–water partition coefficient (Wildman–Crippen LogP) is 3.82. The van der Waals surface area contributed by atoms with Gasteiger partial charge < -0.3 is 15.2 Å². The second-order valence-electron chi connectivity index (χ2n) is 6.41. The summed E-state index contributed by atoms with van der Waals surface area (Å²) in [4.78, 5) is 4.16. The lowest BCUT2D eigenvalue weighted by molar-refractivity contribution is 0.171. The van der Waals surface area contributed by atoms with E-state index >= 15 is 0 Å². The van der Waals surface area contributed by atoms with E-state index in [4.69, 9.17) is 16.3 Å². The first kappa shape index (κ1) is 19.3. The molecule has 1 fully saturated rings. The minimum Gasteiger partial charge on any atom is -0.496 e. The Balaban J connectivity index is 2.12. The van der Waals surface area contributed by atoms with Crippen LogP contribution in [0.3, 0.4) is 0 Å². The van der Waals surface area contributed by atoms with Crippen LogP contribution >= 0.6 is 11.6 Å². The van der Waals surface area contributed by atoms with Gasteiger partial charge in [-0.25, -0.2) is 0 Å². The van der Waals surface area contributed by atoms with Crippen molar-refractivity contribution < 1.29 is 9.84 Å². The second-order valence-corrected chi connectivity index (χ2v) is 6.85. The molecule has 142 valence electrons. The molecule has 2 aromatic rings. The standard InChI is InChI=1S/C20H23ClN4O2/c1-4-13-15(11-22-2)20(23-16-6-5-7-17(16)26)25-24-19(13)14-9-8-12(21)10-18(14)27-3/h4,8-11,16-17,26H,1,5-7H2,2-3H3,(H,23,25)/b22-11-/t16-,17-/m0/s1. The molecule has 1 aromatic heterocycles. The highest BCUT2D eigenvalue weighted by molar-refractivity contribution is 6.30. The molecule has 0 amide bonds. The first-order chi connectivity index (χ1) is 13.1. The van der Waals surface area contributed by atoms with Crippen molar-refractivity contribution in [1.29, 1.82) is 0 Å². The van der Waals surface area contributed by atoms with Gasteiger partial charge in [0.15, 0.2) is 5.82 Å². The summed E-state index contributed by atoms with van der Waals surface area (Å²) in [5.74, 6) is 1.18. The van der Waals surface area contributed by atoms with E-state index in [1.54, 1.807) is 38.6 Å². The van der Waals surface area contributed by atoms with Crippen LogP contribution in [0.2, 0.25) is 5.02 Å². The molecule has 2 N–H and O–H groups in total. The van der Waals surface area contributed by atoms with E-state index in [0.29, 0.717) is 22.3 Å². The minimum absolute atomic E-state index is 0.0445. The third-order valence-corrected chi connectivity index (χ3v) is 4.97. The van der Waals surface area contributed by atoms with Gasteiger partial charge in [-0.2, -0.15) is 0 Å². The number of ether oxygens (including phenoxy) is 1. The maximum Gasteiger partial charge on any atom is 0.158 e.